The van der Waals surface area contributed by atoms with Gasteiger partial charge in [0.2, 0.25) is 0 Å². The quantitative estimate of drug-likeness (QED) is 0.622. The van der Waals surface area contributed by atoms with Crippen molar-refractivity contribution in [2.24, 2.45) is 0 Å². The van der Waals surface area contributed by atoms with Crippen molar-refractivity contribution in [2.45, 2.75) is 4.21 Å². The summed E-state index contributed by atoms with van der Waals surface area (Å²) in [4.78, 5) is 0. The van der Waals surface area contributed by atoms with Crippen molar-refractivity contribution in [1.82, 2.24) is 0 Å². The molecule has 0 aliphatic rings. The zero-order valence-corrected chi connectivity index (χ0v) is 6.97. The van der Waals surface area contributed by atoms with Gasteiger partial charge < -0.3 is 0 Å². The van der Waals surface area contributed by atoms with E-state index in [4.69, 9.17) is 11.6 Å². The van der Waals surface area contributed by atoms with Crippen LogP contribution < -0.4 is 0 Å². The fourth-order valence-corrected chi connectivity index (χ4v) is 1.92. The van der Waals surface area contributed by atoms with Crippen LogP contribution in [0.15, 0.2) is 32.7 Å². The Morgan fingerprint density at radius 2 is 2.56 bits per heavy atom. The molecule has 0 aliphatic carbocycles. The van der Waals surface area contributed by atoms with Crippen molar-refractivity contribution in [3.05, 3.63) is 28.5 Å². The molecule has 1 aromatic heterocycles. The van der Waals surface area contributed by atoms with Crippen LogP contribution in [-0.4, -0.2) is 0 Å². The lowest BCUT2D eigenvalue weighted by atomic mass is 10.7. The first-order chi connectivity index (χ1) is 4.43. The second-order valence-electron chi connectivity index (χ2n) is 1.31. The molecule has 48 valence electrons. The first-order valence-electron chi connectivity index (χ1n) is 2.39. The van der Waals surface area contributed by atoms with Gasteiger partial charge in [0.05, 0.1) is 4.21 Å². The molecule has 0 aromatic carbocycles. The molecule has 0 radical (unpaired) electrons. The van der Waals surface area contributed by atoms with E-state index in [2.05, 4.69) is 6.07 Å². The molecule has 0 fully saturated rings. The van der Waals surface area contributed by atoms with E-state index >= 15 is 0 Å². The molecule has 0 nitrogen and oxygen atoms in total. The second kappa shape index (κ2) is 3.99. The van der Waals surface area contributed by atoms with E-state index in [1.807, 2.05) is 16.9 Å². The predicted octanol–water partition coefficient (Wildman–Crippen LogP) is 3.55. The molecule has 1 aromatic rings. The molecule has 1 heterocycles. The minimum atomic E-state index is 1.27. The average Bonchev–Trinajstić information content (AvgIpc) is 2.34. The minimum Gasteiger partial charge on any atom is -0.137 e. The highest BCUT2D eigenvalue weighted by Crippen LogP contribution is 2.24. The first-order valence-corrected chi connectivity index (χ1v) is 4.58. The Labute approximate surface area is 67.5 Å². The Morgan fingerprint density at radius 1 is 1.67 bits per heavy atom. The molecule has 0 atom stereocenters. The Hall–Kier alpha value is 0.0800. The summed E-state index contributed by atoms with van der Waals surface area (Å²) in [5.74, 6) is 0. The molecule has 0 aliphatic heterocycles. The average molecular weight is 177 g/mol. The second-order valence-corrected chi connectivity index (χ2v) is 3.72. The van der Waals surface area contributed by atoms with Gasteiger partial charge in [-0.3, -0.25) is 0 Å². The molecule has 9 heavy (non-hydrogen) atoms. The van der Waals surface area contributed by atoms with Gasteiger partial charge in [0, 0.05) is 5.54 Å². The van der Waals surface area contributed by atoms with Crippen molar-refractivity contribution in [3.8, 4) is 0 Å². The molecule has 0 amide bonds. The molecule has 0 saturated heterocycles. The third kappa shape index (κ3) is 2.43. The summed E-state index contributed by atoms with van der Waals surface area (Å²) in [6.07, 6.45) is 0. The molecule has 1 rings (SSSR count). The van der Waals surface area contributed by atoms with Crippen LogP contribution >= 0.6 is 34.7 Å². The van der Waals surface area contributed by atoms with Crippen molar-refractivity contribution < 1.29 is 0 Å². The summed E-state index contributed by atoms with van der Waals surface area (Å²) in [5.41, 5.74) is 1.52. The summed E-state index contributed by atoms with van der Waals surface area (Å²) < 4.78 is 1.27. The van der Waals surface area contributed by atoms with Gasteiger partial charge in [0.15, 0.2) is 0 Å². The summed E-state index contributed by atoms with van der Waals surface area (Å²) in [5, 5.41) is 3.90. The Kier molecular flexibility index (Phi) is 3.18. The van der Waals surface area contributed by atoms with Crippen LogP contribution in [-0.2, 0) is 0 Å². The zero-order chi connectivity index (χ0) is 6.53. The van der Waals surface area contributed by atoms with Crippen LogP contribution in [0.25, 0.3) is 0 Å². The normalized spacial score (nSPS) is 10.8. The van der Waals surface area contributed by atoms with Gasteiger partial charge >= 0.3 is 0 Å². The standard InChI is InChI=1S/C6H5ClS2/c7-3-5-9-6-2-1-4-8-6/h1-5H/b5-3+. The largest absolute Gasteiger partial charge is 0.137 e. The molecule has 0 spiro atoms. The fourth-order valence-electron chi connectivity index (χ4n) is 0.423. The zero-order valence-electron chi connectivity index (χ0n) is 4.58. The number of thiophene rings is 1. The Morgan fingerprint density at radius 3 is 3.11 bits per heavy atom. The Bertz CT molecular complexity index is 179. The van der Waals surface area contributed by atoms with Crippen LogP contribution in [0, 0.1) is 0 Å². The van der Waals surface area contributed by atoms with E-state index in [9.17, 15) is 0 Å². The molecule has 0 saturated carbocycles. The maximum Gasteiger partial charge on any atom is 0.0640 e. The van der Waals surface area contributed by atoms with Crippen molar-refractivity contribution in [1.29, 1.82) is 0 Å². The Balaban J connectivity index is 2.48. The number of hydrogen-bond acceptors (Lipinski definition) is 2. The number of thioether (sulfide) groups is 1. The molecule has 0 N–H and O–H groups in total. The van der Waals surface area contributed by atoms with Gasteiger partial charge in [0.25, 0.3) is 0 Å². The van der Waals surface area contributed by atoms with Crippen LogP contribution in [0.1, 0.15) is 0 Å². The van der Waals surface area contributed by atoms with Gasteiger partial charge in [0.1, 0.15) is 0 Å². The fraction of sp³-hybridized carbons (Fsp3) is 0. The van der Waals surface area contributed by atoms with Gasteiger partial charge in [-0.15, -0.1) is 11.3 Å². The third-order valence-electron chi connectivity index (χ3n) is 0.731. The predicted molar refractivity (Wildman–Crippen MR) is 45.2 cm³/mol. The molecule has 0 bridgehead atoms. The van der Waals surface area contributed by atoms with E-state index in [1.165, 1.54) is 9.74 Å². The van der Waals surface area contributed by atoms with E-state index < -0.39 is 0 Å². The summed E-state index contributed by atoms with van der Waals surface area (Å²) in [6.45, 7) is 0. The van der Waals surface area contributed by atoms with Crippen molar-refractivity contribution >= 4 is 34.7 Å². The van der Waals surface area contributed by atoms with Gasteiger partial charge in [-0.25, -0.2) is 0 Å². The number of hydrogen-bond donors (Lipinski definition) is 0. The van der Waals surface area contributed by atoms with Crippen molar-refractivity contribution in [3.63, 3.8) is 0 Å². The van der Waals surface area contributed by atoms with E-state index in [0.29, 0.717) is 0 Å². The lowest BCUT2D eigenvalue weighted by molar-refractivity contribution is 1.75. The molecule has 0 unspecified atom stereocenters. The van der Waals surface area contributed by atoms with Crippen LogP contribution in [0.4, 0.5) is 0 Å². The maximum atomic E-state index is 5.32. The maximum absolute atomic E-state index is 5.32. The minimum absolute atomic E-state index is 1.27. The van der Waals surface area contributed by atoms with Gasteiger partial charge in [-0.1, -0.05) is 29.4 Å². The van der Waals surface area contributed by atoms with Crippen LogP contribution in [0.2, 0.25) is 0 Å². The highest BCUT2D eigenvalue weighted by atomic mass is 35.5. The third-order valence-corrected chi connectivity index (χ3v) is 2.89. The number of rotatable bonds is 2. The van der Waals surface area contributed by atoms with E-state index in [0.717, 1.165) is 0 Å². The summed E-state index contributed by atoms with van der Waals surface area (Å²) in [7, 11) is 0. The lowest BCUT2D eigenvalue weighted by Gasteiger charge is -1.82. The first kappa shape index (κ1) is 7.19. The van der Waals surface area contributed by atoms with Gasteiger partial charge in [-0.05, 0) is 16.9 Å². The smallest absolute Gasteiger partial charge is 0.0640 e. The van der Waals surface area contributed by atoms with E-state index in [-0.39, 0.29) is 0 Å². The molecular weight excluding hydrogens is 172 g/mol. The van der Waals surface area contributed by atoms with E-state index in [1.54, 1.807) is 23.1 Å². The highest BCUT2D eigenvalue weighted by Gasteiger charge is 1.86. The van der Waals surface area contributed by atoms with Crippen molar-refractivity contribution in [2.75, 3.05) is 0 Å². The van der Waals surface area contributed by atoms with Crippen LogP contribution in [0.3, 0.4) is 0 Å². The topological polar surface area (TPSA) is 0 Å². The number of halogens is 1. The SMILES string of the molecule is Cl/C=C/Sc1cccs1. The lowest BCUT2D eigenvalue weighted by Crippen LogP contribution is -1.47. The van der Waals surface area contributed by atoms with Gasteiger partial charge in [-0.2, -0.15) is 0 Å². The summed E-state index contributed by atoms with van der Waals surface area (Å²) >= 11 is 8.67. The van der Waals surface area contributed by atoms with Crippen LogP contribution in [0.5, 0.6) is 0 Å². The summed E-state index contributed by atoms with van der Waals surface area (Å²) in [6, 6.07) is 4.08. The molecule has 3 heteroatoms. The highest BCUT2D eigenvalue weighted by molar-refractivity contribution is 8.03. The monoisotopic (exact) mass is 176 g/mol. The molecular formula is C6H5ClS2.